The van der Waals surface area contributed by atoms with Crippen LogP contribution in [-0.2, 0) is 0 Å². The van der Waals surface area contributed by atoms with Gasteiger partial charge in [0, 0.05) is 18.0 Å². The molecule has 0 heterocycles. The molecule has 1 aromatic carbocycles. The van der Waals surface area contributed by atoms with E-state index in [0.29, 0.717) is 12.2 Å². The van der Waals surface area contributed by atoms with Crippen molar-refractivity contribution in [3.63, 3.8) is 0 Å². The first-order chi connectivity index (χ1) is 9.56. The second-order valence-electron chi connectivity index (χ2n) is 5.85. The summed E-state index contributed by atoms with van der Waals surface area (Å²) in [5.74, 6) is 0. The fourth-order valence-electron chi connectivity index (χ4n) is 2.92. The van der Waals surface area contributed by atoms with Crippen molar-refractivity contribution < 1.29 is 10.0 Å². The van der Waals surface area contributed by atoms with Crippen LogP contribution in [0.15, 0.2) is 18.2 Å². The van der Waals surface area contributed by atoms with Gasteiger partial charge < -0.3 is 10.4 Å². The summed E-state index contributed by atoms with van der Waals surface area (Å²) >= 11 is 0. The largest absolute Gasteiger partial charge is 0.396 e. The van der Waals surface area contributed by atoms with Gasteiger partial charge in [-0.1, -0.05) is 25.3 Å². The number of anilines is 1. The molecule has 5 nitrogen and oxygen atoms in total. The molecule has 20 heavy (non-hydrogen) atoms. The van der Waals surface area contributed by atoms with Gasteiger partial charge >= 0.3 is 0 Å². The van der Waals surface area contributed by atoms with E-state index in [-0.39, 0.29) is 22.6 Å². The Morgan fingerprint density at radius 1 is 1.35 bits per heavy atom. The summed E-state index contributed by atoms with van der Waals surface area (Å²) in [6, 6.07) is 5.19. The molecule has 1 fully saturated rings. The summed E-state index contributed by atoms with van der Waals surface area (Å²) in [6.45, 7) is 2.57. The zero-order valence-electron chi connectivity index (χ0n) is 11.9. The SMILES string of the molecule is Cc1ccc(NCC2(CO)CCCCC2)c([N+](=O)[O-])c1. The van der Waals surface area contributed by atoms with E-state index in [4.69, 9.17) is 0 Å². The minimum absolute atomic E-state index is 0.105. The lowest BCUT2D eigenvalue weighted by Gasteiger charge is -2.35. The van der Waals surface area contributed by atoms with Gasteiger partial charge in [-0.05, 0) is 31.4 Å². The van der Waals surface area contributed by atoms with E-state index < -0.39 is 0 Å². The molecule has 1 aliphatic rings. The molecule has 2 rings (SSSR count). The van der Waals surface area contributed by atoms with Gasteiger partial charge in [-0.25, -0.2) is 0 Å². The second kappa shape index (κ2) is 6.22. The number of nitro groups is 1. The minimum atomic E-state index is -0.359. The molecule has 0 bridgehead atoms. The number of aliphatic hydroxyl groups is 1. The highest BCUT2D eigenvalue weighted by atomic mass is 16.6. The van der Waals surface area contributed by atoms with E-state index in [1.165, 1.54) is 6.42 Å². The highest BCUT2D eigenvalue weighted by molar-refractivity contribution is 5.62. The Bertz CT molecular complexity index is 482. The summed E-state index contributed by atoms with van der Waals surface area (Å²) in [4.78, 5) is 10.7. The third kappa shape index (κ3) is 3.28. The maximum Gasteiger partial charge on any atom is 0.292 e. The summed E-state index contributed by atoms with van der Waals surface area (Å²) < 4.78 is 0. The first kappa shape index (κ1) is 14.8. The van der Waals surface area contributed by atoms with Gasteiger partial charge in [0.2, 0.25) is 0 Å². The van der Waals surface area contributed by atoms with Crippen molar-refractivity contribution in [3.05, 3.63) is 33.9 Å². The number of aryl methyl sites for hydroxylation is 1. The number of benzene rings is 1. The molecule has 0 aromatic heterocycles. The van der Waals surface area contributed by atoms with E-state index in [0.717, 1.165) is 31.2 Å². The van der Waals surface area contributed by atoms with Crippen molar-refractivity contribution >= 4 is 11.4 Å². The third-order valence-corrected chi connectivity index (χ3v) is 4.25. The van der Waals surface area contributed by atoms with Crippen LogP contribution in [0, 0.1) is 22.5 Å². The molecule has 110 valence electrons. The molecule has 1 saturated carbocycles. The first-order valence-corrected chi connectivity index (χ1v) is 7.16. The van der Waals surface area contributed by atoms with E-state index in [1.54, 1.807) is 12.1 Å². The van der Waals surface area contributed by atoms with E-state index >= 15 is 0 Å². The Labute approximate surface area is 119 Å². The van der Waals surface area contributed by atoms with Crippen LogP contribution in [0.4, 0.5) is 11.4 Å². The van der Waals surface area contributed by atoms with Crippen molar-refractivity contribution in [1.82, 2.24) is 0 Å². The fourth-order valence-corrected chi connectivity index (χ4v) is 2.92. The predicted molar refractivity (Wildman–Crippen MR) is 78.9 cm³/mol. The lowest BCUT2D eigenvalue weighted by molar-refractivity contribution is -0.384. The monoisotopic (exact) mass is 278 g/mol. The number of nitro benzene ring substituents is 1. The second-order valence-corrected chi connectivity index (χ2v) is 5.85. The van der Waals surface area contributed by atoms with Crippen molar-refractivity contribution in [2.45, 2.75) is 39.0 Å². The van der Waals surface area contributed by atoms with Crippen molar-refractivity contribution in [1.29, 1.82) is 0 Å². The lowest BCUT2D eigenvalue weighted by atomic mass is 9.74. The van der Waals surface area contributed by atoms with E-state index in [9.17, 15) is 15.2 Å². The Balaban J connectivity index is 2.11. The van der Waals surface area contributed by atoms with E-state index in [2.05, 4.69) is 5.32 Å². The number of hydrogen-bond donors (Lipinski definition) is 2. The average molecular weight is 278 g/mol. The third-order valence-electron chi connectivity index (χ3n) is 4.25. The molecule has 0 atom stereocenters. The number of rotatable bonds is 5. The minimum Gasteiger partial charge on any atom is -0.396 e. The van der Waals surface area contributed by atoms with Gasteiger partial charge in [0.1, 0.15) is 5.69 Å². The van der Waals surface area contributed by atoms with Gasteiger partial charge in [-0.2, -0.15) is 0 Å². The van der Waals surface area contributed by atoms with Crippen molar-refractivity contribution in [2.75, 3.05) is 18.5 Å². The van der Waals surface area contributed by atoms with Crippen LogP contribution in [0.5, 0.6) is 0 Å². The van der Waals surface area contributed by atoms with Gasteiger partial charge in [-0.15, -0.1) is 0 Å². The number of nitrogens with one attached hydrogen (secondary N) is 1. The molecule has 2 N–H and O–H groups in total. The van der Waals surface area contributed by atoms with Crippen LogP contribution in [0.3, 0.4) is 0 Å². The number of hydrogen-bond acceptors (Lipinski definition) is 4. The van der Waals surface area contributed by atoms with Crippen molar-refractivity contribution in [2.24, 2.45) is 5.41 Å². The lowest BCUT2D eigenvalue weighted by Crippen LogP contribution is -2.35. The van der Waals surface area contributed by atoms with Crippen LogP contribution in [-0.4, -0.2) is 23.2 Å². The van der Waals surface area contributed by atoms with Crippen LogP contribution in [0.25, 0.3) is 0 Å². The molecule has 0 radical (unpaired) electrons. The topological polar surface area (TPSA) is 75.4 Å². The maximum atomic E-state index is 11.1. The summed E-state index contributed by atoms with van der Waals surface area (Å²) in [6.07, 6.45) is 5.43. The van der Waals surface area contributed by atoms with Crippen LogP contribution in [0.1, 0.15) is 37.7 Å². The summed E-state index contributed by atoms with van der Waals surface area (Å²) in [7, 11) is 0. The molecule has 0 spiro atoms. The molecule has 0 aliphatic heterocycles. The standard InChI is InChI=1S/C15H22N2O3/c1-12-5-6-13(14(9-12)17(19)20)16-10-15(11-18)7-3-2-4-8-15/h5-6,9,16,18H,2-4,7-8,10-11H2,1H3. The van der Waals surface area contributed by atoms with Crippen LogP contribution >= 0.6 is 0 Å². The zero-order valence-corrected chi connectivity index (χ0v) is 11.9. The Hall–Kier alpha value is -1.62. The zero-order chi connectivity index (χ0) is 14.6. The van der Waals surface area contributed by atoms with Gasteiger partial charge in [0.15, 0.2) is 0 Å². The molecular formula is C15H22N2O3. The van der Waals surface area contributed by atoms with Crippen LogP contribution < -0.4 is 5.32 Å². The molecule has 5 heteroatoms. The van der Waals surface area contributed by atoms with Gasteiger partial charge in [0.25, 0.3) is 5.69 Å². The van der Waals surface area contributed by atoms with E-state index in [1.807, 2.05) is 13.0 Å². The predicted octanol–water partition coefficient (Wildman–Crippen LogP) is 3.26. The molecule has 0 amide bonds. The normalized spacial score (nSPS) is 17.7. The average Bonchev–Trinajstić information content (AvgIpc) is 2.47. The molecular weight excluding hydrogens is 256 g/mol. The number of nitrogens with zero attached hydrogens (tertiary/aromatic N) is 1. The maximum absolute atomic E-state index is 11.1. The van der Waals surface area contributed by atoms with Crippen LogP contribution in [0.2, 0.25) is 0 Å². The molecule has 1 aliphatic carbocycles. The first-order valence-electron chi connectivity index (χ1n) is 7.16. The highest BCUT2D eigenvalue weighted by Crippen LogP contribution is 2.37. The Morgan fingerprint density at radius 2 is 2.05 bits per heavy atom. The Morgan fingerprint density at radius 3 is 2.65 bits per heavy atom. The Kier molecular flexibility index (Phi) is 4.60. The quantitative estimate of drug-likeness (QED) is 0.640. The molecule has 0 unspecified atom stereocenters. The molecule has 1 aromatic rings. The molecule has 0 saturated heterocycles. The highest BCUT2D eigenvalue weighted by Gasteiger charge is 2.31. The fraction of sp³-hybridized carbons (Fsp3) is 0.600. The van der Waals surface area contributed by atoms with Crippen molar-refractivity contribution in [3.8, 4) is 0 Å². The number of aliphatic hydroxyl groups excluding tert-OH is 1. The summed E-state index contributed by atoms with van der Waals surface area (Å²) in [5.41, 5.74) is 1.39. The van der Waals surface area contributed by atoms with Gasteiger partial charge in [0.05, 0.1) is 11.5 Å². The van der Waals surface area contributed by atoms with Gasteiger partial charge in [-0.3, -0.25) is 10.1 Å². The summed E-state index contributed by atoms with van der Waals surface area (Å²) in [5, 5.41) is 23.9. The smallest absolute Gasteiger partial charge is 0.292 e.